The number of hydrogen-bond acceptors (Lipinski definition) is 6. The van der Waals surface area contributed by atoms with Crippen LogP contribution in [0.3, 0.4) is 0 Å². The lowest BCUT2D eigenvalue weighted by Crippen LogP contribution is -2.05. The number of thioether (sulfide) groups is 1. The Morgan fingerprint density at radius 1 is 1.15 bits per heavy atom. The van der Waals surface area contributed by atoms with Gasteiger partial charge in [0, 0.05) is 4.47 Å². The van der Waals surface area contributed by atoms with Gasteiger partial charge in [0.2, 0.25) is 5.16 Å². The Kier molecular flexibility index (Phi) is 6.63. The van der Waals surface area contributed by atoms with Gasteiger partial charge in [0.05, 0.1) is 17.0 Å². The molecule has 0 saturated heterocycles. The molecule has 0 aliphatic carbocycles. The molecular weight excluding hydrogens is 428 g/mol. The van der Waals surface area contributed by atoms with Crippen LogP contribution in [0.2, 0.25) is 0 Å². The van der Waals surface area contributed by atoms with Crippen LogP contribution in [-0.2, 0) is 4.74 Å². The number of esters is 1. The molecular formula is C19H15BrN4O2S. The molecule has 0 radical (unpaired) electrons. The van der Waals surface area contributed by atoms with Gasteiger partial charge in [-0.3, -0.25) is 0 Å². The SMILES string of the molecule is Cc1ccc(-n2nnnc2SCC#CCOC(=O)c2ccc(Br)cc2)cc1. The van der Waals surface area contributed by atoms with Gasteiger partial charge in [-0.25, -0.2) is 4.79 Å². The maximum absolute atomic E-state index is 11.9. The van der Waals surface area contributed by atoms with E-state index in [1.54, 1.807) is 28.9 Å². The van der Waals surface area contributed by atoms with Crippen molar-refractivity contribution in [2.24, 2.45) is 0 Å². The summed E-state index contributed by atoms with van der Waals surface area (Å²) >= 11 is 4.74. The summed E-state index contributed by atoms with van der Waals surface area (Å²) in [7, 11) is 0. The van der Waals surface area contributed by atoms with E-state index < -0.39 is 5.97 Å². The largest absolute Gasteiger partial charge is 0.449 e. The Bertz CT molecular complexity index is 975. The normalized spacial score (nSPS) is 10.1. The third-order valence-corrected chi connectivity index (χ3v) is 4.80. The summed E-state index contributed by atoms with van der Waals surface area (Å²) < 4.78 is 7.70. The molecule has 0 saturated carbocycles. The molecule has 0 atom stereocenters. The zero-order chi connectivity index (χ0) is 19.1. The van der Waals surface area contributed by atoms with Crippen molar-refractivity contribution in [3.8, 4) is 17.5 Å². The topological polar surface area (TPSA) is 69.9 Å². The second kappa shape index (κ2) is 9.35. The number of carbonyl (C=O) groups excluding carboxylic acids is 1. The number of ether oxygens (including phenoxy) is 1. The second-order valence-corrected chi connectivity index (χ2v) is 7.29. The van der Waals surface area contributed by atoms with Crippen molar-refractivity contribution in [2.45, 2.75) is 12.1 Å². The summed E-state index contributed by atoms with van der Waals surface area (Å²) in [4.78, 5) is 11.9. The Balaban J connectivity index is 1.49. The molecule has 136 valence electrons. The standard InChI is InChI=1S/C19H15BrN4O2S/c1-14-4-10-17(11-5-14)24-19(21-22-23-24)27-13-3-2-12-26-18(25)15-6-8-16(20)9-7-15/h4-11H,12-13H2,1H3. The molecule has 0 spiro atoms. The third kappa shape index (κ3) is 5.42. The van der Waals surface area contributed by atoms with E-state index in [9.17, 15) is 4.79 Å². The van der Waals surface area contributed by atoms with Gasteiger partial charge >= 0.3 is 5.97 Å². The van der Waals surface area contributed by atoms with E-state index in [1.165, 1.54) is 17.3 Å². The summed E-state index contributed by atoms with van der Waals surface area (Å²) in [6, 6.07) is 14.9. The van der Waals surface area contributed by atoms with E-state index in [1.807, 2.05) is 31.2 Å². The first-order chi connectivity index (χ1) is 13.1. The van der Waals surface area contributed by atoms with E-state index in [4.69, 9.17) is 4.74 Å². The average molecular weight is 443 g/mol. The van der Waals surface area contributed by atoms with E-state index in [0.29, 0.717) is 16.5 Å². The zero-order valence-corrected chi connectivity index (χ0v) is 16.8. The molecule has 2 aromatic carbocycles. The molecule has 0 amide bonds. The van der Waals surface area contributed by atoms with Crippen LogP contribution in [0.1, 0.15) is 15.9 Å². The highest BCUT2D eigenvalue weighted by Crippen LogP contribution is 2.17. The van der Waals surface area contributed by atoms with Crippen LogP contribution >= 0.6 is 27.7 Å². The molecule has 3 rings (SSSR count). The molecule has 8 heteroatoms. The third-order valence-electron chi connectivity index (χ3n) is 3.47. The van der Waals surface area contributed by atoms with Gasteiger partial charge in [-0.05, 0) is 53.7 Å². The highest BCUT2D eigenvalue weighted by molar-refractivity contribution is 9.10. The first-order valence-corrected chi connectivity index (χ1v) is 9.78. The predicted molar refractivity (Wildman–Crippen MR) is 107 cm³/mol. The second-order valence-electron chi connectivity index (χ2n) is 5.43. The minimum absolute atomic E-state index is 0.0400. The number of aryl methyl sites for hydroxylation is 1. The number of nitrogens with zero attached hydrogens (tertiary/aromatic N) is 4. The number of benzene rings is 2. The average Bonchev–Trinajstić information content (AvgIpc) is 3.14. The summed E-state index contributed by atoms with van der Waals surface area (Å²) in [5.41, 5.74) is 2.56. The van der Waals surface area contributed by atoms with E-state index in [0.717, 1.165) is 10.2 Å². The van der Waals surface area contributed by atoms with Gasteiger partial charge in [-0.2, -0.15) is 4.68 Å². The molecule has 0 N–H and O–H groups in total. The molecule has 3 aromatic rings. The molecule has 0 aliphatic heterocycles. The molecule has 1 heterocycles. The summed E-state index contributed by atoms with van der Waals surface area (Å²) in [5, 5.41) is 12.4. The van der Waals surface area contributed by atoms with Gasteiger partial charge in [-0.15, -0.1) is 5.10 Å². The number of carbonyl (C=O) groups is 1. The van der Waals surface area contributed by atoms with Crippen LogP contribution in [0.15, 0.2) is 58.2 Å². The first kappa shape index (κ1) is 19.1. The quantitative estimate of drug-likeness (QED) is 0.341. The highest BCUT2D eigenvalue weighted by atomic mass is 79.9. The number of tetrazole rings is 1. The van der Waals surface area contributed by atoms with Crippen LogP contribution in [0.4, 0.5) is 0 Å². The Hall–Kier alpha value is -2.63. The fourth-order valence-electron chi connectivity index (χ4n) is 2.09. The van der Waals surface area contributed by atoms with Crippen molar-refractivity contribution in [3.63, 3.8) is 0 Å². The lowest BCUT2D eigenvalue weighted by atomic mass is 10.2. The Morgan fingerprint density at radius 2 is 1.89 bits per heavy atom. The number of hydrogen-bond donors (Lipinski definition) is 0. The molecule has 0 fully saturated rings. The van der Waals surface area contributed by atoms with Crippen molar-refractivity contribution in [1.29, 1.82) is 0 Å². The van der Waals surface area contributed by atoms with Crippen molar-refractivity contribution in [3.05, 3.63) is 64.1 Å². The molecule has 0 unspecified atom stereocenters. The minimum Gasteiger partial charge on any atom is -0.449 e. The molecule has 0 bridgehead atoms. The van der Waals surface area contributed by atoms with Gasteiger partial charge < -0.3 is 4.74 Å². The lowest BCUT2D eigenvalue weighted by Gasteiger charge is -2.03. The van der Waals surface area contributed by atoms with Crippen molar-refractivity contribution >= 4 is 33.7 Å². The van der Waals surface area contributed by atoms with Crippen LogP contribution in [0.5, 0.6) is 0 Å². The molecule has 0 aliphatic rings. The number of rotatable bonds is 5. The zero-order valence-electron chi connectivity index (χ0n) is 14.4. The number of aromatic nitrogens is 4. The monoisotopic (exact) mass is 442 g/mol. The van der Waals surface area contributed by atoms with Crippen molar-refractivity contribution in [1.82, 2.24) is 20.2 Å². The van der Waals surface area contributed by atoms with Crippen LogP contribution in [-0.4, -0.2) is 38.5 Å². The van der Waals surface area contributed by atoms with E-state index in [-0.39, 0.29) is 6.61 Å². The van der Waals surface area contributed by atoms with Gasteiger partial charge in [-0.1, -0.05) is 57.2 Å². The fourth-order valence-corrected chi connectivity index (χ4v) is 3.02. The smallest absolute Gasteiger partial charge is 0.339 e. The summed E-state index contributed by atoms with van der Waals surface area (Å²) in [6.45, 7) is 2.07. The van der Waals surface area contributed by atoms with Gasteiger partial charge in [0.1, 0.15) is 0 Å². The number of halogens is 1. The summed E-state index contributed by atoms with van der Waals surface area (Å²) in [5.74, 6) is 5.86. The van der Waals surface area contributed by atoms with E-state index >= 15 is 0 Å². The van der Waals surface area contributed by atoms with Crippen LogP contribution in [0.25, 0.3) is 5.69 Å². The molecule has 1 aromatic heterocycles. The van der Waals surface area contributed by atoms with Gasteiger partial charge in [0.25, 0.3) is 0 Å². The lowest BCUT2D eigenvalue weighted by molar-refractivity contribution is 0.0556. The maximum atomic E-state index is 11.9. The van der Waals surface area contributed by atoms with E-state index in [2.05, 4.69) is 43.3 Å². The van der Waals surface area contributed by atoms with Crippen LogP contribution in [0, 0.1) is 18.8 Å². The van der Waals surface area contributed by atoms with Crippen molar-refractivity contribution < 1.29 is 9.53 Å². The highest BCUT2D eigenvalue weighted by Gasteiger charge is 2.08. The minimum atomic E-state index is -0.396. The maximum Gasteiger partial charge on any atom is 0.339 e. The van der Waals surface area contributed by atoms with Crippen molar-refractivity contribution in [2.75, 3.05) is 12.4 Å². The fraction of sp³-hybridized carbons (Fsp3) is 0.158. The van der Waals surface area contributed by atoms with Crippen LogP contribution < -0.4 is 0 Å². The Labute approximate surface area is 169 Å². The first-order valence-electron chi connectivity index (χ1n) is 8.00. The Morgan fingerprint density at radius 3 is 2.63 bits per heavy atom. The molecule has 6 nitrogen and oxygen atoms in total. The van der Waals surface area contributed by atoms with Gasteiger partial charge in [0.15, 0.2) is 6.61 Å². The summed E-state index contributed by atoms with van der Waals surface area (Å²) in [6.07, 6.45) is 0. The predicted octanol–water partition coefficient (Wildman–Crippen LogP) is 3.69. The molecule has 27 heavy (non-hydrogen) atoms.